The van der Waals surface area contributed by atoms with Gasteiger partial charge in [0.25, 0.3) is 5.91 Å². The minimum atomic E-state index is -0.0265. The molecule has 2 heterocycles. The number of pyridine rings is 1. The zero-order valence-electron chi connectivity index (χ0n) is 12.9. The van der Waals surface area contributed by atoms with Gasteiger partial charge < -0.3 is 10.2 Å². The number of nitrogens with one attached hydrogen (secondary N) is 1. The lowest BCUT2D eigenvalue weighted by atomic mass is 10.00. The van der Waals surface area contributed by atoms with E-state index in [2.05, 4.69) is 38.0 Å². The highest BCUT2D eigenvalue weighted by molar-refractivity contribution is 5.93. The Morgan fingerprint density at radius 2 is 2.20 bits per heavy atom. The third kappa shape index (κ3) is 3.95. The van der Waals surface area contributed by atoms with Crippen molar-refractivity contribution in [2.45, 2.75) is 46.1 Å². The summed E-state index contributed by atoms with van der Waals surface area (Å²) in [5, 5.41) is 3.38. The molecule has 1 aliphatic heterocycles. The van der Waals surface area contributed by atoms with Crippen LogP contribution in [0.5, 0.6) is 0 Å². The molecule has 20 heavy (non-hydrogen) atoms. The molecule has 1 atom stereocenters. The number of hydrogen-bond acceptors (Lipinski definition) is 3. The van der Waals surface area contributed by atoms with Crippen molar-refractivity contribution in [3.63, 3.8) is 0 Å². The predicted molar refractivity (Wildman–Crippen MR) is 81.9 cm³/mol. The molecule has 1 saturated heterocycles. The van der Waals surface area contributed by atoms with E-state index >= 15 is 0 Å². The summed E-state index contributed by atoms with van der Waals surface area (Å²) >= 11 is 0. The van der Waals surface area contributed by atoms with Crippen LogP contribution in [0.4, 0.5) is 5.69 Å². The molecular formula is C16H25N3O. The summed E-state index contributed by atoms with van der Waals surface area (Å²) in [5.74, 6) is 0.637. The van der Waals surface area contributed by atoms with Crippen LogP contribution >= 0.6 is 0 Å². The molecule has 0 saturated carbocycles. The van der Waals surface area contributed by atoms with E-state index < -0.39 is 0 Å². The van der Waals surface area contributed by atoms with E-state index in [0.29, 0.717) is 11.6 Å². The van der Waals surface area contributed by atoms with Crippen LogP contribution in [-0.4, -0.2) is 34.4 Å². The summed E-state index contributed by atoms with van der Waals surface area (Å²) in [5.41, 5.74) is 1.45. The zero-order valence-corrected chi connectivity index (χ0v) is 12.9. The van der Waals surface area contributed by atoms with Crippen LogP contribution in [0.2, 0.25) is 0 Å². The summed E-state index contributed by atoms with van der Waals surface area (Å²) in [6.45, 7) is 10.2. The molecule has 0 spiro atoms. The number of amides is 1. The summed E-state index contributed by atoms with van der Waals surface area (Å²) < 4.78 is 0. The van der Waals surface area contributed by atoms with Gasteiger partial charge in [0.1, 0.15) is 5.69 Å². The van der Waals surface area contributed by atoms with Gasteiger partial charge in [0, 0.05) is 30.5 Å². The molecule has 4 nitrogen and oxygen atoms in total. The van der Waals surface area contributed by atoms with Crippen LogP contribution in [0, 0.1) is 5.92 Å². The van der Waals surface area contributed by atoms with Crippen molar-refractivity contribution in [1.29, 1.82) is 0 Å². The minimum Gasteiger partial charge on any atom is -0.380 e. The molecular weight excluding hydrogens is 250 g/mol. The van der Waals surface area contributed by atoms with Crippen LogP contribution in [-0.2, 0) is 0 Å². The van der Waals surface area contributed by atoms with Gasteiger partial charge in [-0.15, -0.1) is 0 Å². The Kier molecular flexibility index (Phi) is 4.31. The molecule has 1 aromatic rings. The van der Waals surface area contributed by atoms with Gasteiger partial charge in [0.05, 0.1) is 0 Å². The summed E-state index contributed by atoms with van der Waals surface area (Å²) in [6, 6.07) is 3.76. The van der Waals surface area contributed by atoms with Crippen molar-refractivity contribution in [3.05, 3.63) is 24.0 Å². The van der Waals surface area contributed by atoms with Gasteiger partial charge in [-0.1, -0.05) is 6.92 Å². The van der Waals surface area contributed by atoms with Crippen molar-refractivity contribution < 1.29 is 4.79 Å². The van der Waals surface area contributed by atoms with E-state index in [4.69, 9.17) is 0 Å². The molecule has 1 aromatic heterocycles. The molecule has 1 N–H and O–H groups in total. The Hall–Kier alpha value is -1.58. The topological polar surface area (TPSA) is 45.2 Å². The first-order chi connectivity index (χ1) is 9.35. The Morgan fingerprint density at radius 1 is 1.45 bits per heavy atom. The maximum Gasteiger partial charge on any atom is 0.272 e. The molecule has 4 heteroatoms. The number of rotatable bonds is 2. The highest BCUT2D eigenvalue weighted by Gasteiger charge is 2.23. The van der Waals surface area contributed by atoms with Gasteiger partial charge in [-0.05, 0) is 51.7 Å². The lowest BCUT2D eigenvalue weighted by Crippen LogP contribution is -2.39. The molecule has 0 aromatic carbocycles. The first-order valence-electron chi connectivity index (χ1n) is 7.39. The predicted octanol–water partition coefficient (Wildman–Crippen LogP) is 3.16. The molecule has 0 bridgehead atoms. The average Bonchev–Trinajstić information content (AvgIpc) is 2.36. The number of likely N-dealkylation sites (tertiary alicyclic amines) is 1. The number of hydrogen-bond donors (Lipinski definition) is 1. The quantitative estimate of drug-likeness (QED) is 0.901. The first kappa shape index (κ1) is 14.8. The number of anilines is 1. The van der Waals surface area contributed by atoms with Crippen LogP contribution in [0.25, 0.3) is 0 Å². The highest BCUT2D eigenvalue weighted by atomic mass is 16.2. The molecule has 0 radical (unpaired) electrons. The summed E-state index contributed by atoms with van der Waals surface area (Å²) in [7, 11) is 0. The monoisotopic (exact) mass is 275 g/mol. The largest absolute Gasteiger partial charge is 0.380 e. The smallest absolute Gasteiger partial charge is 0.272 e. The normalized spacial score (nSPS) is 19.8. The Labute approximate surface area is 121 Å². The lowest BCUT2D eigenvalue weighted by Gasteiger charge is -2.30. The number of carbonyl (C=O) groups excluding carboxylic acids is 1. The second-order valence-electron chi connectivity index (χ2n) is 6.80. The number of piperidine rings is 1. The van der Waals surface area contributed by atoms with E-state index in [1.165, 1.54) is 6.42 Å². The zero-order chi connectivity index (χ0) is 14.8. The van der Waals surface area contributed by atoms with E-state index in [9.17, 15) is 4.79 Å². The van der Waals surface area contributed by atoms with Gasteiger partial charge >= 0.3 is 0 Å². The molecule has 110 valence electrons. The molecule has 2 rings (SSSR count). The van der Waals surface area contributed by atoms with Crippen molar-refractivity contribution in [1.82, 2.24) is 9.88 Å². The molecule has 1 unspecified atom stereocenters. The highest BCUT2D eigenvalue weighted by Crippen LogP contribution is 2.19. The van der Waals surface area contributed by atoms with Gasteiger partial charge in [0.15, 0.2) is 0 Å². The van der Waals surface area contributed by atoms with Crippen LogP contribution < -0.4 is 5.32 Å². The number of nitrogens with zero attached hydrogens (tertiary/aromatic N) is 2. The standard InChI is InChI=1S/C16H25N3O/c1-12-6-5-9-19(11-12)15(20)14-10-13(7-8-17-14)18-16(2,3)4/h7-8,10,12H,5-6,9,11H2,1-4H3,(H,17,18). The van der Waals surface area contributed by atoms with Crippen molar-refractivity contribution in [2.24, 2.45) is 5.92 Å². The molecule has 1 amide bonds. The van der Waals surface area contributed by atoms with E-state index in [1.54, 1.807) is 6.20 Å². The maximum absolute atomic E-state index is 12.5. The Bertz CT molecular complexity index is 479. The van der Waals surface area contributed by atoms with E-state index in [1.807, 2.05) is 17.0 Å². The Morgan fingerprint density at radius 3 is 2.85 bits per heavy atom. The maximum atomic E-state index is 12.5. The lowest BCUT2D eigenvalue weighted by molar-refractivity contribution is 0.0677. The number of aromatic nitrogens is 1. The van der Waals surface area contributed by atoms with Crippen molar-refractivity contribution in [3.8, 4) is 0 Å². The minimum absolute atomic E-state index is 0.0265. The molecule has 0 aliphatic carbocycles. The SMILES string of the molecule is CC1CCCN(C(=O)c2cc(NC(C)(C)C)ccn2)C1. The molecule has 1 aliphatic rings. The summed E-state index contributed by atoms with van der Waals surface area (Å²) in [6.07, 6.45) is 4.00. The third-order valence-corrected chi connectivity index (χ3v) is 3.44. The van der Waals surface area contributed by atoms with Gasteiger partial charge in [-0.3, -0.25) is 9.78 Å². The van der Waals surface area contributed by atoms with Gasteiger partial charge in [0.2, 0.25) is 0 Å². The summed E-state index contributed by atoms with van der Waals surface area (Å²) in [4.78, 5) is 18.7. The van der Waals surface area contributed by atoms with E-state index in [0.717, 1.165) is 25.2 Å². The van der Waals surface area contributed by atoms with Crippen molar-refractivity contribution >= 4 is 11.6 Å². The van der Waals surface area contributed by atoms with Gasteiger partial charge in [-0.2, -0.15) is 0 Å². The van der Waals surface area contributed by atoms with Crippen LogP contribution in [0.1, 0.15) is 51.0 Å². The van der Waals surface area contributed by atoms with Crippen molar-refractivity contribution in [2.75, 3.05) is 18.4 Å². The molecule has 1 fully saturated rings. The second-order valence-corrected chi connectivity index (χ2v) is 6.80. The number of carbonyl (C=O) groups is 1. The second kappa shape index (κ2) is 5.81. The van der Waals surface area contributed by atoms with Gasteiger partial charge in [-0.25, -0.2) is 0 Å². The third-order valence-electron chi connectivity index (χ3n) is 3.44. The Balaban J connectivity index is 2.12. The first-order valence-corrected chi connectivity index (χ1v) is 7.39. The fourth-order valence-corrected chi connectivity index (χ4v) is 2.59. The fourth-order valence-electron chi connectivity index (χ4n) is 2.59. The fraction of sp³-hybridized carbons (Fsp3) is 0.625. The average molecular weight is 275 g/mol. The van der Waals surface area contributed by atoms with Crippen LogP contribution in [0.3, 0.4) is 0 Å². The van der Waals surface area contributed by atoms with Crippen LogP contribution in [0.15, 0.2) is 18.3 Å². The van der Waals surface area contributed by atoms with E-state index in [-0.39, 0.29) is 11.4 Å².